The van der Waals surface area contributed by atoms with E-state index in [1.165, 1.54) is 257 Å². The van der Waals surface area contributed by atoms with Crippen molar-refractivity contribution in [3.8, 4) is 0 Å². The maximum atomic E-state index is 12.9. The highest BCUT2D eigenvalue weighted by Gasteiger charge is 2.20. The van der Waals surface area contributed by atoms with Gasteiger partial charge in [-0.2, -0.15) is 0 Å². The summed E-state index contributed by atoms with van der Waals surface area (Å²) in [6.07, 6.45) is 63.9. The Morgan fingerprint density at radius 1 is 0.274 bits per heavy atom. The van der Waals surface area contributed by atoms with E-state index in [1.807, 2.05) is 0 Å². The van der Waals surface area contributed by atoms with E-state index in [4.69, 9.17) is 14.2 Å². The van der Waals surface area contributed by atoms with Crippen LogP contribution in [0, 0.1) is 17.8 Å². The van der Waals surface area contributed by atoms with Crippen LogP contribution in [0.2, 0.25) is 0 Å². The summed E-state index contributed by atoms with van der Waals surface area (Å²) in [7, 11) is 0. The summed E-state index contributed by atoms with van der Waals surface area (Å²) in [5, 5.41) is 0. The smallest absolute Gasteiger partial charge is 0.306 e. The third-order valence-corrected chi connectivity index (χ3v) is 15.8. The van der Waals surface area contributed by atoms with Gasteiger partial charge in [0.2, 0.25) is 0 Å². The molecule has 6 heteroatoms. The molecule has 0 heterocycles. The molecule has 2 atom stereocenters. The molecule has 0 spiro atoms. The molecule has 1 unspecified atom stereocenters. The van der Waals surface area contributed by atoms with E-state index in [9.17, 15) is 14.4 Å². The largest absolute Gasteiger partial charge is 0.462 e. The van der Waals surface area contributed by atoms with Gasteiger partial charge in [0.1, 0.15) is 13.2 Å². The first-order valence-electron chi connectivity index (χ1n) is 33.1. The lowest BCUT2D eigenvalue weighted by Crippen LogP contribution is -2.30. The first kappa shape index (κ1) is 71.4. The Labute approximate surface area is 457 Å². The van der Waals surface area contributed by atoms with Crippen molar-refractivity contribution >= 4 is 17.9 Å². The Balaban J connectivity index is 4.28. The van der Waals surface area contributed by atoms with Crippen molar-refractivity contribution < 1.29 is 28.6 Å². The summed E-state index contributed by atoms with van der Waals surface area (Å²) in [5.41, 5.74) is 0. The second kappa shape index (κ2) is 58.1. The standard InChI is InChI=1S/C67H130O6/c1-7-63(6)55-49-43-37-31-25-19-12-10-8-9-11-13-21-28-34-40-46-52-58-67(70)73-64(60-72-66(69)57-51-45-39-33-27-22-16-18-24-30-36-42-48-54-62(4)5)59-71-65(68)56-50-44-38-32-26-20-15-14-17-23-29-35-41-47-53-61(2)3/h61-64H,7-60H2,1-6H3/t63?,64-/m1/s1. The SMILES string of the molecule is CCC(C)CCCCCCCCCCCCCCCCCCCCC(=O)O[C@H](COC(=O)CCCCCCCCCCCCCCCCC(C)C)COC(=O)CCCCCCCCCCCCCCCC(C)C. The van der Waals surface area contributed by atoms with Crippen LogP contribution in [-0.4, -0.2) is 37.2 Å². The monoisotopic (exact) mass is 1030 g/mol. The molecular formula is C67H130O6. The van der Waals surface area contributed by atoms with Gasteiger partial charge >= 0.3 is 17.9 Å². The highest BCUT2D eigenvalue weighted by molar-refractivity contribution is 5.71. The van der Waals surface area contributed by atoms with Crippen molar-refractivity contribution in [3.63, 3.8) is 0 Å². The maximum Gasteiger partial charge on any atom is 0.306 e. The molecular weight excluding hydrogens is 901 g/mol. The first-order valence-corrected chi connectivity index (χ1v) is 33.1. The van der Waals surface area contributed by atoms with Gasteiger partial charge in [-0.1, -0.05) is 337 Å². The van der Waals surface area contributed by atoms with Gasteiger partial charge in [0, 0.05) is 19.3 Å². The van der Waals surface area contributed by atoms with Gasteiger partial charge in [-0.15, -0.1) is 0 Å². The molecule has 0 radical (unpaired) electrons. The molecule has 0 aliphatic rings. The van der Waals surface area contributed by atoms with Crippen LogP contribution in [0.25, 0.3) is 0 Å². The minimum Gasteiger partial charge on any atom is -0.462 e. The molecule has 0 amide bonds. The number of carbonyl (C=O) groups excluding carboxylic acids is 3. The van der Waals surface area contributed by atoms with Gasteiger partial charge in [-0.05, 0) is 37.0 Å². The second-order valence-electron chi connectivity index (χ2n) is 24.3. The summed E-state index contributed by atoms with van der Waals surface area (Å²) >= 11 is 0. The summed E-state index contributed by atoms with van der Waals surface area (Å²) in [6, 6.07) is 0. The molecule has 0 N–H and O–H groups in total. The third kappa shape index (κ3) is 59.5. The average molecular weight is 1030 g/mol. The molecule has 434 valence electrons. The van der Waals surface area contributed by atoms with Crippen molar-refractivity contribution in [2.45, 2.75) is 382 Å². The van der Waals surface area contributed by atoms with Crippen LogP contribution in [0.15, 0.2) is 0 Å². The van der Waals surface area contributed by atoms with Crippen molar-refractivity contribution in [2.75, 3.05) is 13.2 Å². The number of carbonyl (C=O) groups is 3. The predicted octanol–water partition coefficient (Wildman–Crippen LogP) is 22.2. The van der Waals surface area contributed by atoms with Crippen molar-refractivity contribution in [1.29, 1.82) is 0 Å². The van der Waals surface area contributed by atoms with Gasteiger partial charge < -0.3 is 14.2 Å². The quantitative estimate of drug-likeness (QED) is 0.0343. The lowest BCUT2D eigenvalue weighted by molar-refractivity contribution is -0.167. The molecule has 0 fully saturated rings. The van der Waals surface area contributed by atoms with Gasteiger partial charge in [-0.3, -0.25) is 14.4 Å². The summed E-state index contributed by atoms with van der Waals surface area (Å²) < 4.78 is 17.0. The maximum absolute atomic E-state index is 12.9. The van der Waals surface area contributed by atoms with Crippen molar-refractivity contribution in [2.24, 2.45) is 17.8 Å². The number of esters is 3. The average Bonchev–Trinajstić information content (AvgIpc) is 3.37. The van der Waals surface area contributed by atoms with E-state index in [0.29, 0.717) is 19.3 Å². The Morgan fingerprint density at radius 3 is 0.712 bits per heavy atom. The second-order valence-corrected chi connectivity index (χ2v) is 24.3. The van der Waals surface area contributed by atoms with Crippen LogP contribution in [0.5, 0.6) is 0 Å². The molecule has 0 aromatic rings. The van der Waals surface area contributed by atoms with Crippen LogP contribution >= 0.6 is 0 Å². The van der Waals surface area contributed by atoms with Gasteiger partial charge in [0.15, 0.2) is 6.10 Å². The number of hydrogen-bond acceptors (Lipinski definition) is 6. The van der Waals surface area contributed by atoms with E-state index in [1.54, 1.807) is 0 Å². The number of hydrogen-bond donors (Lipinski definition) is 0. The number of ether oxygens (including phenoxy) is 3. The van der Waals surface area contributed by atoms with Crippen molar-refractivity contribution in [3.05, 3.63) is 0 Å². The molecule has 0 aliphatic heterocycles. The Morgan fingerprint density at radius 2 is 0.479 bits per heavy atom. The van der Waals surface area contributed by atoms with Gasteiger partial charge in [-0.25, -0.2) is 0 Å². The number of rotatable bonds is 60. The Hall–Kier alpha value is -1.59. The Kier molecular flexibility index (Phi) is 56.8. The number of unbranched alkanes of at least 4 members (excludes halogenated alkanes) is 42. The van der Waals surface area contributed by atoms with Crippen LogP contribution in [0.1, 0.15) is 375 Å². The van der Waals surface area contributed by atoms with Crippen molar-refractivity contribution in [1.82, 2.24) is 0 Å². The summed E-state index contributed by atoms with van der Waals surface area (Å²) in [5.74, 6) is 1.76. The van der Waals surface area contributed by atoms with E-state index in [-0.39, 0.29) is 31.1 Å². The van der Waals surface area contributed by atoms with Crippen LogP contribution < -0.4 is 0 Å². The summed E-state index contributed by atoms with van der Waals surface area (Å²) in [6.45, 7) is 13.9. The highest BCUT2D eigenvalue weighted by atomic mass is 16.6. The zero-order valence-corrected chi connectivity index (χ0v) is 50.4. The molecule has 0 rings (SSSR count). The van der Waals surface area contributed by atoms with Gasteiger partial charge in [0.25, 0.3) is 0 Å². The van der Waals surface area contributed by atoms with Crippen LogP contribution in [-0.2, 0) is 28.6 Å². The third-order valence-electron chi connectivity index (χ3n) is 15.8. The topological polar surface area (TPSA) is 78.9 Å². The van der Waals surface area contributed by atoms with Gasteiger partial charge in [0.05, 0.1) is 0 Å². The molecule has 0 aliphatic carbocycles. The van der Waals surface area contributed by atoms with E-state index in [2.05, 4.69) is 41.5 Å². The lowest BCUT2D eigenvalue weighted by Gasteiger charge is -2.18. The fourth-order valence-corrected chi connectivity index (χ4v) is 10.4. The highest BCUT2D eigenvalue weighted by Crippen LogP contribution is 2.20. The molecule has 0 saturated heterocycles. The molecule has 73 heavy (non-hydrogen) atoms. The van der Waals surface area contributed by atoms with Crippen LogP contribution in [0.4, 0.5) is 0 Å². The molecule has 0 aromatic heterocycles. The normalized spacial score (nSPS) is 12.5. The predicted molar refractivity (Wildman–Crippen MR) is 316 cm³/mol. The fourth-order valence-electron chi connectivity index (χ4n) is 10.4. The zero-order valence-electron chi connectivity index (χ0n) is 50.4. The van der Waals surface area contributed by atoms with Crippen LogP contribution in [0.3, 0.4) is 0 Å². The molecule has 6 nitrogen and oxygen atoms in total. The zero-order chi connectivity index (χ0) is 53.3. The minimum atomic E-state index is -0.765. The van der Waals surface area contributed by atoms with E-state index in [0.717, 1.165) is 75.5 Å². The fraction of sp³-hybridized carbons (Fsp3) is 0.955. The molecule has 0 saturated carbocycles. The summed E-state index contributed by atoms with van der Waals surface area (Å²) in [4.78, 5) is 38.4. The molecule has 0 bridgehead atoms. The van der Waals surface area contributed by atoms with E-state index < -0.39 is 6.10 Å². The molecule has 0 aromatic carbocycles. The van der Waals surface area contributed by atoms with E-state index >= 15 is 0 Å². The lowest BCUT2D eigenvalue weighted by atomic mass is 9.99. The first-order chi connectivity index (χ1) is 35.6. The Bertz CT molecular complexity index is 1130. The minimum absolute atomic E-state index is 0.0624.